The fraction of sp³-hybridized carbons (Fsp3) is 0.600. The predicted molar refractivity (Wildman–Crippen MR) is 80.5 cm³/mol. The first-order chi connectivity index (χ1) is 11.1. The van der Waals surface area contributed by atoms with Gasteiger partial charge in [0.2, 0.25) is 0 Å². The van der Waals surface area contributed by atoms with Crippen LogP contribution in [0.3, 0.4) is 0 Å². The van der Waals surface area contributed by atoms with Gasteiger partial charge in [0.05, 0.1) is 31.5 Å². The molecule has 8 heteroatoms. The van der Waals surface area contributed by atoms with Crippen LogP contribution in [-0.4, -0.2) is 55.6 Å². The van der Waals surface area contributed by atoms with Gasteiger partial charge in [-0.25, -0.2) is 4.98 Å². The molecule has 124 valence electrons. The smallest absolute Gasteiger partial charge is 0.183 e. The monoisotopic (exact) mass is 319 g/mol. The summed E-state index contributed by atoms with van der Waals surface area (Å²) in [5, 5.41) is 18.5. The summed E-state index contributed by atoms with van der Waals surface area (Å²) in [6, 6.07) is -0.596. The molecular weight excluding hydrogens is 298 g/mol. The summed E-state index contributed by atoms with van der Waals surface area (Å²) in [6.07, 6.45) is 6.05. The fourth-order valence-electron chi connectivity index (χ4n) is 3.31. The highest BCUT2D eigenvalue weighted by Crippen LogP contribution is 2.35. The van der Waals surface area contributed by atoms with Gasteiger partial charge in [0.15, 0.2) is 6.29 Å². The van der Waals surface area contributed by atoms with Crippen molar-refractivity contribution in [3.63, 3.8) is 0 Å². The van der Waals surface area contributed by atoms with E-state index in [1.54, 1.807) is 17.1 Å². The number of hydrogen-bond donors (Lipinski definition) is 2. The van der Waals surface area contributed by atoms with Crippen LogP contribution in [0.5, 0.6) is 0 Å². The maximum Gasteiger partial charge on any atom is 0.183 e. The zero-order chi connectivity index (χ0) is 16.0. The molecule has 2 aromatic heterocycles. The van der Waals surface area contributed by atoms with Crippen molar-refractivity contribution in [3.05, 3.63) is 36.2 Å². The maximum absolute atomic E-state index is 10.9. The number of ether oxygens (including phenoxy) is 2. The second kappa shape index (κ2) is 5.72. The molecule has 0 spiro atoms. The van der Waals surface area contributed by atoms with E-state index in [1.165, 1.54) is 0 Å². The number of nitrogens with zero attached hydrogens (tertiary/aromatic N) is 4. The predicted octanol–water partition coefficient (Wildman–Crippen LogP) is -0.259. The first-order valence-corrected chi connectivity index (χ1v) is 7.79. The van der Waals surface area contributed by atoms with Crippen molar-refractivity contribution >= 4 is 0 Å². The summed E-state index contributed by atoms with van der Waals surface area (Å²) in [5.41, 5.74) is 1.04. The number of aliphatic hydroxyl groups excluding tert-OH is 1. The van der Waals surface area contributed by atoms with E-state index in [4.69, 9.17) is 9.47 Å². The number of hydrogen-bond acceptors (Lipinski definition) is 6. The van der Waals surface area contributed by atoms with Crippen molar-refractivity contribution < 1.29 is 14.6 Å². The van der Waals surface area contributed by atoms with Crippen LogP contribution < -0.4 is 5.32 Å². The van der Waals surface area contributed by atoms with Crippen molar-refractivity contribution in [1.82, 2.24) is 24.6 Å². The highest BCUT2D eigenvalue weighted by atomic mass is 16.7. The molecule has 2 aromatic rings. The van der Waals surface area contributed by atoms with E-state index in [0.29, 0.717) is 13.2 Å². The van der Waals surface area contributed by atoms with Crippen LogP contribution in [-0.2, 0) is 23.1 Å². The van der Waals surface area contributed by atoms with Gasteiger partial charge in [0, 0.05) is 25.6 Å². The third-order valence-electron chi connectivity index (χ3n) is 4.58. The third kappa shape index (κ3) is 2.57. The molecule has 23 heavy (non-hydrogen) atoms. The Labute approximate surface area is 134 Å². The van der Waals surface area contributed by atoms with Gasteiger partial charge < -0.3 is 24.5 Å². The molecule has 2 fully saturated rings. The molecule has 2 bridgehead atoms. The summed E-state index contributed by atoms with van der Waals surface area (Å²) in [7, 11) is 1.95. The zero-order valence-electron chi connectivity index (χ0n) is 13.2. The molecule has 2 aliphatic rings. The number of imidazole rings is 1. The topological polar surface area (TPSA) is 86.4 Å². The Morgan fingerprint density at radius 3 is 3.04 bits per heavy atom. The molecule has 4 rings (SSSR count). The molecule has 2 saturated heterocycles. The van der Waals surface area contributed by atoms with Crippen LogP contribution in [0.4, 0.5) is 0 Å². The average molecular weight is 319 g/mol. The van der Waals surface area contributed by atoms with Crippen molar-refractivity contribution in [2.45, 2.75) is 44.1 Å². The lowest BCUT2D eigenvalue weighted by molar-refractivity contribution is -0.168. The summed E-state index contributed by atoms with van der Waals surface area (Å²) < 4.78 is 15.3. The van der Waals surface area contributed by atoms with Crippen LogP contribution in [0.15, 0.2) is 24.8 Å². The van der Waals surface area contributed by atoms with Crippen LogP contribution in [0, 0.1) is 6.92 Å². The fourth-order valence-corrected chi connectivity index (χ4v) is 3.31. The van der Waals surface area contributed by atoms with Crippen molar-refractivity contribution in [2.24, 2.45) is 7.05 Å². The summed E-state index contributed by atoms with van der Waals surface area (Å²) in [6.45, 7) is 2.99. The number of aromatic nitrogens is 4. The lowest BCUT2D eigenvalue weighted by Crippen LogP contribution is -2.57. The van der Waals surface area contributed by atoms with Gasteiger partial charge in [0.25, 0.3) is 0 Å². The van der Waals surface area contributed by atoms with Crippen LogP contribution in [0.25, 0.3) is 0 Å². The number of fused-ring (bicyclic) bond motifs is 2. The second-order valence-corrected chi connectivity index (χ2v) is 6.22. The minimum atomic E-state index is -0.652. The molecular formula is C15H21N5O3. The SMILES string of the molecule is Cc1cnn(C2C3OCC(O3)C(NCc3nccn3C)C2O)c1. The molecule has 4 heterocycles. The molecule has 0 aliphatic carbocycles. The van der Waals surface area contributed by atoms with Gasteiger partial charge >= 0.3 is 0 Å². The first kappa shape index (κ1) is 14.8. The van der Waals surface area contributed by atoms with E-state index in [2.05, 4.69) is 15.4 Å². The van der Waals surface area contributed by atoms with E-state index in [-0.39, 0.29) is 18.2 Å². The number of nitrogens with one attached hydrogen (secondary N) is 1. The quantitative estimate of drug-likeness (QED) is 0.807. The highest BCUT2D eigenvalue weighted by Gasteiger charge is 2.51. The van der Waals surface area contributed by atoms with Gasteiger partial charge in [-0.1, -0.05) is 0 Å². The van der Waals surface area contributed by atoms with Crippen LogP contribution in [0.2, 0.25) is 0 Å². The first-order valence-electron chi connectivity index (χ1n) is 7.79. The molecule has 0 aromatic carbocycles. The zero-order valence-corrected chi connectivity index (χ0v) is 13.2. The largest absolute Gasteiger partial charge is 0.389 e. The standard InChI is InChI=1S/C15H21N5O3/c1-9-5-18-20(7-9)13-14(21)12(10-8-22-15(13)23-10)17-6-11-16-3-4-19(11)2/h3-5,7,10,12-15,17,21H,6,8H2,1-2H3. The van der Waals surface area contributed by atoms with Gasteiger partial charge in [-0.3, -0.25) is 4.68 Å². The Morgan fingerprint density at radius 2 is 2.35 bits per heavy atom. The molecule has 0 amide bonds. The Hall–Kier alpha value is -1.74. The number of aliphatic hydroxyl groups is 1. The average Bonchev–Trinajstić information content (AvgIpc) is 3.22. The summed E-state index contributed by atoms with van der Waals surface area (Å²) >= 11 is 0. The molecule has 2 aliphatic heterocycles. The van der Waals surface area contributed by atoms with E-state index >= 15 is 0 Å². The highest BCUT2D eigenvalue weighted by molar-refractivity contribution is 5.06. The Kier molecular flexibility index (Phi) is 3.68. The Bertz CT molecular complexity index is 684. The molecule has 2 N–H and O–H groups in total. The lowest BCUT2D eigenvalue weighted by Gasteiger charge is -2.38. The molecule has 5 unspecified atom stereocenters. The summed E-state index contributed by atoms with van der Waals surface area (Å²) in [5.74, 6) is 0.907. The van der Waals surface area contributed by atoms with Crippen molar-refractivity contribution in [2.75, 3.05) is 6.61 Å². The van der Waals surface area contributed by atoms with Gasteiger partial charge in [-0.15, -0.1) is 0 Å². The summed E-state index contributed by atoms with van der Waals surface area (Å²) in [4.78, 5) is 4.30. The minimum Gasteiger partial charge on any atom is -0.389 e. The Balaban J connectivity index is 1.53. The molecule has 0 radical (unpaired) electrons. The van der Waals surface area contributed by atoms with E-state index < -0.39 is 12.4 Å². The molecule has 5 atom stereocenters. The molecule has 8 nitrogen and oxygen atoms in total. The number of rotatable bonds is 4. The molecule has 0 saturated carbocycles. The van der Waals surface area contributed by atoms with E-state index in [1.807, 2.05) is 30.9 Å². The second-order valence-electron chi connectivity index (χ2n) is 6.22. The van der Waals surface area contributed by atoms with Crippen molar-refractivity contribution in [3.8, 4) is 0 Å². The van der Waals surface area contributed by atoms with Crippen LogP contribution >= 0.6 is 0 Å². The van der Waals surface area contributed by atoms with E-state index in [9.17, 15) is 5.11 Å². The van der Waals surface area contributed by atoms with Gasteiger partial charge in [-0.2, -0.15) is 5.10 Å². The van der Waals surface area contributed by atoms with E-state index in [0.717, 1.165) is 11.4 Å². The normalized spacial score (nSPS) is 33.3. The van der Waals surface area contributed by atoms with Gasteiger partial charge in [-0.05, 0) is 12.5 Å². The Morgan fingerprint density at radius 1 is 1.48 bits per heavy atom. The minimum absolute atomic E-state index is 0.164. The lowest BCUT2D eigenvalue weighted by atomic mass is 9.96. The van der Waals surface area contributed by atoms with Crippen LogP contribution in [0.1, 0.15) is 17.4 Å². The maximum atomic E-state index is 10.9. The number of aryl methyl sites for hydroxylation is 2. The third-order valence-corrected chi connectivity index (χ3v) is 4.58. The van der Waals surface area contributed by atoms with Gasteiger partial charge in [0.1, 0.15) is 18.0 Å². The van der Waals surface area contributed by atoms with Crippen molar-refractivity contribution in [1.29, 1.82) is 0 Å².